The van der Waals surface area contributed by atoms with Gasteiger partial charge < -0.3 is 10.4 Å². The van der Waals surface area contributed by atoms with E-state index in [1.165, 1.54) is 0 Å². The third-order valence-electron chi connectivity index (χ3n) is 3.82. The van der Waals surface area contributed by atoms with Gasteiger partial charge in [-0.15, -0.1) is 0 Å². The second-order valence-electron chi connectivity index (χ2n) is 5.38. The summed E-state index contributed by atoms with van der Waals surface area (Å²) in [4.78, 5) is 24.8. The first-order valence-electron chi connectivity index (χ1n) is 6.61. The highest BCUT2D eigenvalue weighted by atomic mass is 16.4. The van der Waals surface area contributed by atoms with Crippen LogP contribution in [0, 0.1) is 13.8 Å². The van der Waals surface area contributed by atoms with E-state index in [9.17, 15) is 9.59 Å². The normalized spacial score (nSPS) is 22.9. The van der Waals surface area contributed by atoms with Gasteiger partial charge in [-0.2, -0.15) is 5.10 Å². The average molecular weight is 280 g/mol. The first-order valence-corrected chi connectivity index (χ1v) is 6.61. The molecule has 0 bridgehead atoms. The molecule has 1 saturated heterocycles. The van der Waals surface area contributed by atoms with Crippen molar-refractivity contribution in [3.05, 3.63) is 17.0 Å². The van der Waals surface area contributed by atoms with Crippen molar-refractivity contribution in [2.45, 2.75) is 38.8 Å². The van der Waals surface area contributed by atoms with E-state index >= 15 is 0 Å². The standard InChI is InChI=1S/C13H20N4O3/c1-7-10(8(2)16-15-7)5-12(18)14-9-4-11(13(19)20)17(3)6-9/h9,11H,4-6H2,1-3H3,(H,14,18)(H,15,16)(H,19,20)/t9-,11-/m0/s1. The van der Waals surface area contributed by atoms with Gasteiger partial charge in [-0.1, -0.05) is 0 Å². The highest BCUT2D eigenvalue weighted by Gasteiger charge is 2.35. The molecule has 1 aliphatic rings. The van der Waals surface area contributed by atoms with E-state index in [1.54, 1.807) is 11.9 Å². The van der Waals surface area contributed by atoms with Crippen LogP contribution in [0.5, 0.6) is 0 Å². The Morgan fingerprint density at radius 2 is 2.20 bits per heavy atom. The number of rotatable bonds is 4. The van der Waals surface area contributed by atoms with E-state index in [2.05, 4.69) is 15.5 Å². The Bertz CT molecular complexity index is 506. The fourth-order valence-electron chi connectivity index (χ4n) is 2.67. The van der Waals surface area contributed by atoms with E-state index in [-0.39, 0.29) is 18.4 Å². The molecule has 0 aliphatic carbocycles. The number of likely N-dealkylation sites (tertiary alicyclic amines) is 1. The van der Waals surface area contributed by atoms with Crippen LogP contribution in [0.1, 0.15) is 23.4 Å². The number of carbonyl (C=O) groups is 2. The SMILES string of the molecule is Cc1n[nH]c(C)c1CC(=O)N[C@H]1C[C@@H](C(=O)O)N(C)C1. The summed E-state index contributed by atoms with van der Waals surface area (Å²) in [5.41, 5.74) is 2.62. The molecule has 7 nitrogen and oxygen atoms in total. The highest BCUT2D eigenvalue weighted by molar-refractivity contribution is 5.80. The Kier molecular flexibility index (Phi) is 4.08. The van der Waals surface area contributed by atoms with Crippen molar-refractivity contribution in [1.29, 1.82) is 0 Å². The molecule has 0 unspecified atom stereocenters. The largest absolute Gasteiger partial charge is 0.480 e. The summed E-state index contributed by atoms with van der Waals surface area (Å²) in [5.74, 6) is -0.937. The van der Waals surface area contributed by atoms with Gasteiger partial charge in [-0.05, 0) is 27.3 Å². The molecule has 1 aromatic rings. The smallest absolute Gasteiger partial charge is 0.320 e. The van der Waals surface area contributed by atoms with Crippen molar-refractivity contribution >= 4 is 11.9 Å². The number of nitrogens with one attached hydrogen (secondary N) is 2. The molecule has 2 heterocycles. The van der Waals surface area contributed by atoms with Gasteiger partial charge >= 0.3 is 5.97 Å². The summed E-state index contributed by atoms with van der Waals surface area (Å²) < 4.78 is 0. The maximum atomic E-state index is 12.0. The molecule has 110 valence electrons. The van der Waals surface area contributed by atoms with Crippen molar-refractivity contribution in [1.82, 2.24) is 20.4 Å². The molecule has 0 spiro atoms. The van der Waals surface area contributed by atoms with Gasteiger partial charge in [-0.25, -0.2) is 0 Å². The van der Waals surface area contributed by atoms with Crippen LogP contribution < -0.4 is 5.32 Å². The molecule has 2 rings (SSSR count). The lowest BCUT2D eigenvalue weighted by Gasteiger charge is -2.13. The van der Waals surface area contributed by atoms with Gasteiger partial charge in [0.05, 0.1) is 12.1 Å². The molecule has 0 saturated carbocycles. The monoisotopic (exact) mass is 280 g/mol. The Balaban J connectivity index is 1.92. The van der Waals surface area contributed by atoms with Gasteiger partial charge in [0.15, 0.2) is 0 Å². The first-order chi connectivity index (χ1) is 9.38. The predicted octanol–water partition coefficient (Wildman–Crippen LogP) is -0.157. The number of hydrogen-bond acceptors (Lipinski definition) is 4. The number of hydrogen-bond donors (Lipinski definition) is 3. The fourth-order valence-corrected chi connectivity index (χ4v) is 2.67. The molecule has 20 heavy (non-hydrogen) atoms. The molecule has 2 atom stereocenters. The summed E-state index contributed by atoms with van der Waals surface area (Å²) in [7, 11) is 1.76. The molecule has 1 aliphatic heterocycles. The fraction of sp³-hybridized carbons (Fsp3) is 0.615. The van der Waals surface area contributed by atoms with E-state index in [1.807, 2.05) is 13.8 Å². The molecule has 1 amide bonds. The Morgan fingerprint density at radius 3 is 2.70 bits per heavy atom. The third-order valence-corrected chi connectivity index (χ3v) is 3.82. The zero-order valence-electron chi connectivity index (χ0n) is 11.9. The van der Waals surface area contributed by atoms with Crippen molar-refractivity contribution in [3.8, 4) is 0 Å². The lowest BCUT2D eigenvalue weighted by Crippen LogP contribution is -2.37. The lowest BCUT2D eigenvalue weighted by atomic mass is 10.1. The number of nitrogens with zero attached hydrogens (tertiary/aromatic N) is 2. The minimum absolute atomic E-state index is 0.0953. The number of carboxylic acid groups (broad SMARTS) is 1. The Labute approximate surface area is 117 Å². The van der Waals surface area contributed by atoms with Crippen molar-refractivity contribution < 1.29 is 14.7 Å². The van der Waals surface area contributed by atoms with Crippen LogP contribution >= 0.6 is 0 Å². The van der Waals surface area contributed by atoms with Gasteiger partial charge in [0, 0.05) is 23.8 Å². The summed E-state index contributed by atoms with van der Waals surface area (Å²) in [6, 6.07) is -0.626. The van der Waals surface area contributed by atoms with E-state index in [0.717, 1.165) is 17.0 Å². The maximum absolute atomic E-state index is 12.0. The first kappa shape index (κ1) is 14.5. The number of carbonyl (C=O) groups excluding carboxylic acids is 1. The topological polar surface area (TPSA) is 98.3 Å². The molecule has 1 aromatic heterocycles. The van der Waals surface area contributed by atoms with Crippen molar-refractivity contribution in [3.63, 3.8) is 0 Å². The van der Waals surface area contributed by atoms with Crippen LogP contribution in [0.15, 0.2) is 0 Å². The van der Waals surface area contributed by atoms with Crippen molar-refractivity contribution in [2.75, 3.05) is 13.6 Å². The Hall–Kier alpha value is -1.89. The number of aromatic amines is 1. The minimum Gasteiger partial charge on any atom is -0.480 e. The number of aliphatic carboxylic acids is 1. The predicted molar refractivity (Wildman–Crippen MR) is 72.4 cm³/mol. The summed E-state index contributed by atoms with van der Waals surface area (Å²) >= 11 is 0. The van der Waals surface area contributed by atoms with E-state index in [0.29, 0.717) is 13.0 Å². The highest BCUT2D eigenvalue weighted by Crippen LogP contribution is 2.16. The van der Waals surface area contributed by atoms with Crippen LogP contribution in [0.2, 0.25) is 0 Å². The zero-order valence-corrected chi connectivity index (χ0v) is 11.9. The Morgan fingerprint density at radius 1 is 1.50 bits per heavy atom. The number of carboxylic acids is 1. The molecule has 7 heteroatoms. The van der Waals surface area contributed by atoms with Crippen LogP contribution in [0.3, 0.4) is 0 Å². The van der Waals surface area contributed by atoms with Crippen molar-refractivity contribution in [2.24, 2.45) is 0 Å². The summed E-state index contributed by atoms with van der Waals surface area (Å²) in [6.45, 7) is 4.30. The van der Waals surface area contributed by atoms with Crippen LogP contribution in [0.25, 0.3) is 0 Å². The number of aryl methyl sites for hydroxylation is 2. The zero-order chi connectivity index (χ0) is 14.9. The molecule has 0 aromatic carbocycles. The molecule has 3 N–H and O–H groups in total. The quantitative estimate of drug-likeness (QED) is 0.712. The van der Waals surface area contributed by atoms with E-state index < -0.39 is 12.0 Å². The molecule has 0 radical (unpaired) electrons. The number of H-pyrrole nitrogens is 1. The van der Waals surface area contributed by atoms with Gasteiger partial charge in [0.1, 0.15) is 6.04 Å². The van der Waals surface area contributed by atoms with Crippen LogP contribution in [-0.2, 0) is 16.0 Å². The lowest BCUT2D eigenvalue weighted by molar-refractivity contribution is -0.141. The number of amides is 1. The maximum Gasteiger partial charge on any atom is 0.320 e. The van der Waals surface area contributed by atoms with E-state index in [4.69, 9.17) is 5.11 Å². The minimum atomic E-state index is -0.842. The third kappa shape index (κ3) is 2.98. The number of likely N-dealkylation sites (N-methyl/N-ethyl adjacent to an activating group) is 1. The van der Waals surface area contributed by atoms with Gasteiger partial charge in [0.25, 0.3) is 0 Å². The summed E-state index contributed by atoms with van der Waals surface area (Å²) in [6.07, 6.45) is 0.715. The van der Waals surface area contributed by atoms with Gasteiger partial charge in [0.2, 0.25) is 5.91 Å². The second-order valence-corrected chi connectivity index (χ2v) is 5.38. The second kappa shape index (κ2) is 5.62. The number of aromatic nitrogens is 2. The molecular weight excluding hydrogens is 260 g/mol. The van der Waals surface area contributed by atoms with Crippen LogP contribution in [-0.4, -0.2) is 57.8 Å². The molecule has 1 fully saturated rings. The summed E-state index contributed by atoms with van der Waals surface area (Å²) in [5, 5.41) is 18.9. The molecular formula is C13H20N4O3. The van der Waals surface area contributed by atoms with Gasteiger partial charge in [-0.3, -0.25) is 19.6 Å². The van der Waals surface area contributed by atoms with Crippen LogP contribution in [0.4, 0.5) is 0 Å². The average Bonchev–Trinajstić information content (AvgIpc) is 2.86.